The number of hydrogen-bond donors (Lipinski definition) is 1. The molecule has 0 aliphatic rings. The van der Waals surface area contributed by atoms with E-state index in [1.807, 2.05) is 30.3 Å². The van der Waals surface area contributed by atoms with Crippen LogP contribution >= 0.6 is 0 Å². The van der Waals surface area contributed by atoms with Crippen LogP contribution < -0.4 is 0 Å². The summed E-state index contributed by atoms with van der Waals surface area (Å²) in [7, 11) is 1.56. The molecular formula is C19H21NO5. The Morgan fingerprint density at radius 3 is 2.52 bits per heavy atom. The van der Waals surface area contributed by atoms with Gasteiger partial charge in [0.1, 0.15) is 5.75 Å². The van der Waals surface area contributed by atoms with Gasteiger partial charge in [0.2, 0.25) is 0 Å². The van der Waals surface area contributed by atoms with Gasteiger partial charge in [-0.25, -0.2) is 4.79 Å². The number of ether oxygens (including phenoxy) is 2. The van der Waals surface area contributed by atoms with Gasteiger partial charge >= 0.3 is 5.97 Å². The SMILES string of the molecule is COCCN(Cc1ccccc1)C(=O)COC(=O)c1cccc(O)c1. The first kappa shape index (κ1) is 18.5. The molecule has 1 amide bonds. The molecule has 1 N–H and O–H groups in total. The maximum atomic E-state index is 12.4. The third kappa shape index (κ3) is 5.93. The number of nitrogens with zero attached hydrogens (tertiary/aromatic N) is 1. The Labute approximate surface area is 146 Å². The van der Waals surface area contributed by atoms with Gasteiger partial charge in [0.15, 0.2) is 6.61 Å². The fourth-order valence-corrected chi connectivity index (χ4v) is 2.23. The third-order valence-corrected chi connectivity index (χ3v) is 3.54. The third-order valence-electron chi connectivity index (χ3n) is 3.54. The molecule has 2 aromatic carbocycles. The van der Waals surface area contributed by atoms with Gasteiger partial charge in [-0.05, 0) is 23.8 Å². The van der Waals surface area contributed by atoms with E-state index in [-0.39, 0.29) is 23.8 Å². The fourth-order valence-electron chi connectivity index (χ4n) is 2.23. The van der Waals surface area contributed by atoms with Crippen LogP contribution in [0.5, 0.6) is 5.75 Å². The lowest BCUT2D eigenvalue weighted by Crippen LogP contribution is -2.36. The van der Waals surface area contributed by atoms with E-state index < -0.39 is 5.97 Å². The van der Waals surface area contributed by atoms with Gasteiger partial charge in [-0.15, -0.1) is 0 Å². The number of rotatable bonds is 8. The quantitative estimate of drug-likeness (QED) is 0.744. The van der Waals surface area contributed by atoms with Crippen LogP contribution in [-0.4, -0.2) is 48.8 Å². The maximum absolute atomic E-state index is 12.4. The van der Waals surface area contributed by atoms with Gasteiger partial charge in [-0.1, -0.05) is 36.4 Å². The standard InChI is InChI=1S/C19H21NO5/c1-24-11-10-20(13-15-6-3-2-4-7-15)18(22)14-25-19(23)16-8-5-9-17(21)12-16/h2-9,12,21H,10-11,13-14H2,1H3. The van der Waals surface area contributed by atoms with E-state index in [0.717, 1.165) is 5.56 Å². The molecular weight excluding hydrogens is 322 g/mol. The van der Waals surface area contributed by atoms with Crippen LogP contribution in [0.15, 0.2) is 54.6 Å². The zero-order chi connectivity index (χ0) is 18.1. The molecule has 6 heteroatoms. The van der Waals surface area contributed by atoms with Crippen molar-refractivity contribution in [2.45, 2.75) is 6.54 Å². The number of esters is 1. The smallest absolute Gasteiger partial charge is 0.338 e. The van der Waals surface area contributed by atoms with Crippen molar-refractivity contribution in [3.63, 3.8) is 0 Å². The minimum Gasteiger partial charge on any atom is -0.508 e. The van der Waals surface area contributed by atoms with Crippen LogP contribution in [0.1, 0.15) is 15.9 Å². The number of benzene rings is 2. The van der Waals surface area contributed by atoms with Crippen LogP contribution in [0.3, 0.4) is 0 Å². The van der Waals surface area contributed by atoms with Crippen molar-refractivity contribution in [3.8, 4) is 5.75 Å². The molecule has 0 aliphatic carbocycles. The molecule has 0 unspecified atom stereocenters. The van der Waals surface area contributed by atoms with Crippen molar-refractivity contribution in [1.29, 1.82) is 0 Å². The molecule has 2 rings (SSSR count). The van der Waals surface area contributed by atoms with Crippen molar-refractivity contribution in [1.82, 2.24) is 4.90 Å². The highest BCUT2D eigenvalue weighted by Gasteiger charge is 2.17. The lowest BCUT2D eigenvalue weighted by molar-refractivity contribution is -0.135. The average molecular weight is 343 g/mol. The number of methoxy groups -OCH3 is 1. The molecule has 2 aromatic rings. The fraction of sp³-hybridized carbons (Fsp3) is 0.263. The molecule has 0 heterocycles. The van der Waals surface area contributed by atoms with Gasteiger partial charge in [-0.3, -0.25) is 4.79 Å². The highest BCUT2D eigenvalue weighted by molar-refractivity contribution is 5.91. The first-order chi connectivity index (χ1) is 12.1. The molecule has 0 aromatic heterocycles. The second-order valence-corrected chi connectivity index (χ2v) is 5.42. The maximum Gasteiger partial charge on any atom is 0.338 e. The molecule has 0 saturated carbocycles. The molecule has 0 spiro atoms. The van der Waals surface area contributed by atoms with Crippen molar-refractivity contribution >= 4 is 11.9 Å². The van der Waals surface area contributed by atoms with Crippen LogP contribution in [0, 0.1) is 0 Å². The van der Waals surface area contributed by atoms with Crippen molar-refractivity contribution < 1.29 is 24.2 Å². The predicted molar refractivity (Wildman–Crippen MR) is 92.1 cm³/mol. The summed E-state index contributed by atoms with van der Waals surface area (Å²) in [6, 6.07) is 15.3. The van der Waals surface area contributed by atoms with E-state index in [2.05, 4.69) is 0 Å². The lowest BCUT2D eigenvalue weighted by atomic mass is 10.2. The van der Waals surface area contributed by atoms with E-state index in [9.17, 15) is 14.7 Å². The minimum absolute atomic E-state index is 0.0356. The molecule has 0 aliphatic heterocycles. The van der Waals surface area contributed by atoms with Crippen molar-refractivity contribution in [3.05, 3.63) is 65.7 Å². The average Bonchev–Trinajstić information content (AvgIpc) is 2.63. The normalized spacial score (nSPS) is 10.3. The molecule has 0 bridgehead atoms. The summed E-state index contributed by atoms with van der Waals surface area (Å²) in [6.07, 6.45) is 0. The second-order valence-electron chi connectivity index (χ2n) is 5.42. The van der Waals surface area contributed by atoms with E-state index in [1.54, 1.807) is 12.0 Å². The molecule has 6 nitrogen and oxygen atoms in total. The zero-order valence-electron chi connectivity index (χ0n) is 14.1. The summed E-state index contributed by atoms with van der Waals surface area (Å²) in [6.45, 7) is 0.824. The predicted octanol–water partition coefficient (Wildman–Crippen LogP) is 2.22. The van der Waals surface area contributed by atoms with Crippen LogP contribution in [0.4, 0.5) is 0 Å². The van der Waals surface area contributed by atoms with Gasteiger partial charge < -0.3 is 19.5 Å². The van der Waals surface area contributed by atoms with E-state index in [4.69, 9.17) is 9.47 Å². The number of hydrogen-bond acceptors (Lipinski definition) is 5. The monoisotopic (exact) mass is 343 g/mol. The lowest BCUT2D eigenvalue weighted by Gasteiger charge is -2.22. The molecule has 25 heavy (non-hydrogen) atoms. The number of carbonyl (C=O) groups excluding carboxylic acids is 2. The number of carbonyl (C=O) groups is 2. The summed E-state index contributed by atoms with van der Waals surface area (Å²) in [5.74, 6) is -1.00. The van der Waals surface area contributed by atoms with E-state index in [1.165, 1.54) is 24.3 Å². The zero-order valence-corrected chi connectivity index (χ0v) is 14.1. The Bertz CT molecular complexity index is 702. The van der Waals surface area contributed by atoms with Gasteiger partial charge in [-0.2, -0.15) is 0 Å². The number of phenols is 1. The summed E-state index contributed by atoms with van der Waals surface area (Å²) < 4.78 is 10.1. The van der Waals surface area contributed by atoms with Crippen LogP contribution in [-0.2, 0) is 20.8 Å². The second kappa shape index (κ2) is 9.44. The summed E-state index contributed by atoms with van der Waals surface area (Å²) in [4.78, 5) is 25.9. The first-order valence-electron chi connectivity index (χ1n) is 7.87. The Morgan fingerprint density at radius 2 is 1.84 bits per heavy atom. The topological polar surface area (TPSA) is 76.1 Å². The summed E-state index contributed by atoms with van der Waals surface area (Å²) >= 11 is 0. The molecule has 132 valence electrons. The Morgan fingerprint density at radius 1 is 1.08 bits per heavy atom. The first-order valence-corrected chi connectivity index (χ1v) is 7.87. The van der Waals surface area contributed by atoms with Crippen LogP contribution in [0.25, 0.3) is 0 Å². The minimum atomic E-state index is -0.657. The summed E-state index contributed by atoms with van der Waals surface area (Å²) in [5, 5.41) is 9.39. The molecule has 0 fully saturated rings. The number of phenolic OH excluding ortho intramolecular Hbond substituents is 1. The van der Waals surface area contributed by atoms with Gasteiger partial charge in [0.05, 0.1) is 12.2 Å². The van der Waals surface area contributed by atoms with Crippen molar-refractivity contribution in [2.24, 2.45) is 0 Å². The number of aromatic hydroxyl groups is 1. The van der Waals surface area contributed by atoms with E-state index in [0.29, 0.717) is 19.7 Å². The largest absolute Gasteiger partial charge is 0.508 e. The van der Waals surface area contributed by atoms with Gasteiger partial charge in [0.25, 0.3) is 5.91 Å². The van der Waals surface area contributed by atoms with E-state index >= 15 is 0 Å². The van der Waals surface area contributed by atoms with Crippen molar-refractivity contribution in [2.75, 3.05) is 26.9 Å². The Balaban J connectivity index is 1.95. The van der Waals surface area contributed by atoms with Gasteiger partial charge in [0, 0.05) is 20.2 Å². The van der Waals surface area contributed by atoms with Crippen LogP contribution in [0.2, 0.25) is 0 Å². The Kier molecular flexibility index (Phi) is 6.98. The highest BCUT2D eigenvalue weighted by atomic mass is 16.5. The Hall–Kier alpha value is -2.86. The molecule has 0 radical (unpaired) electrons. The summed E-state index contributed by atoms with van der Waals surface area (Å²) in [5.41, 5.74) is 1.17. The molecule has 0 saturated heterocycles. The molecule has 0 atom stereocenters. The number of amides is 1. The highest BCUT2D eigenvalue weighted by Crippen LogP contribution is 2.12.